The number of likely N-dealkylation sites (tertiary alicyclic amines) is 1. The molecule has 4 nitrogen and oxygen atoms in total. The molecule has 5 heteroatoms. The zero-order valence-corrected chi connectivity index (χ0v) is 13.2. The van der Waals surface area contributed by atoms with Crippen LogP contribution in [0.2, 0.25) is 0 Å². The maximum Gasteiger partial charge on any atom is 0.311 e. The Labute approximate surface area is 126 Å². The predicted molar refractivity (Wildman–Crippen MR) is 79.8 cm³/mol. The van der Waals surface area contributed by atoms with Crippen molar-refractivity contribution in [2.24, 2.45) is 5.41 Å². The molecule has 0 bridgehead atoms. The zero-order valence-electron chi connectivity index (χ0n) is 11.6. The molecule has 1 aliphatic heterocycles. The number of aliphatic carboxylic acids is 1. The van der Waals surface area contributed by atoms with E-state index in [1.807, 2.05) is 19.1 Å². The molecule has 0 radical (unpaired) electrons. The summed E-state index contributed by atoms with van der Waals surface area (Å²) in [5.74, 6) is -0.939. The van der Waals surface area contributed by atoms with E-state index in [2.05, 4.69) is 15.9 Å². The number of rotatable bonds is 2. The largest absolute Gasteiger partial charge is 0.481 e. The number of carboxylic acids is 1. The van der Waals surface area contributed by atoms with Crippen LogP contribution in [0.25, 0.3) is 0 Å². The summed E-state index contributed by atoms with van der Waals surface area (Å²) in [6.07, 6.45) is 1.33. The van der Waals surface area contributed by atoms with Gasteiger partial charge in [-0.05, 0) is 54.2 Å². The van der Waals surface area contributed by atoms with Gasteiger partial charge in [0, 0.05) is 17.6 Å². The fourth-order valence-electron chi connectivity index (χ4n) is 2.57. The number of carbonyl (C=O) groups excluding carboxylic acids is 1. The van der Waals surface area contributed by atoms with Gasteiger partial charge in [-0.25, -0.2) is 0 Å². The Kier molecular flexibility index (Phi) is 4.18. The van der Waals surface area contributed by atoms with Gasteiger partial charge in [-0.15, -0.1) is 0 Å². The van der Waals surface area contributed by atoms with Crippen molar-refractivity contribution >= 4 is 27.8 Å². The minimum Gasteiger partial charge on any atom is -0.481 e. The van der Waals surface area contributed by atoms with Gasteiger partial charge in [-0.1, -0.05) is 12.1 Å². The van der Waals surface area contributed by atoms with E-state index in [9.17, 15) is 14.7 Å². The van der Waals surface area contributed by atoms with Crippen molar-refractivity contribution in [1.82, 2.24) is 4.90 Å². The average Bonchev–Trinajstić information content (AvgIpc) is 2.41. The summed E-state index contributed by atoms with van der Waals surface area (Å²) in [4.78, 5) is 25.6. The van der Waals surface area contributed by atoms with E-state index in [4.69, 9.17) is 0 Å². The molecule has 1 aromatic carbocycles. The van der Waals surface area contributed by atoms with Crippen molar-refractivity contribution in [1.29, 1.82) is 0 Å². The van der Waals surface area contributed by atoms with Crippen LogP contribution in [0, 0.1) is 12.3 Å². The molecule has 2 rings (SSSR count). The predicted octanol–water partition coefficient (Wildman–Crippen LogP) is 3.08. The van der Waals surface area contributed by atoms with Crippen molar-refractivity contribution in [3.05, 3.63) is 33.8 Å². The number of piperidine rings is 1. The quantitative estimate of drug-likeness (QED) is 0.900. The lowest BCUT2D eigenvalue weighted by Crippen LogP contribution is -2.48. The van der Waals surface area contributed by atoms with Crippen LogP contribution in [-0.4, -0.2) is 35.0 Å². The third kappa shape index (κ3) is 2.73. The molecule has 1 N–H and O–H groups in total. The maximum absolute atomic E-state index is 12.6. The van der Waals surface area contributed by atoms with E-state index < -0.39 is 11.4 Å². The third-order valence-electron chi connectivity index (χ3n) is 3.92. The summed E-state index contributed by atoms with van der Waals surface area (Å²) in [6.45, 7) is 4.52. The van der Waals surface area contributed by atoms with Gasteiger partial charge < -0.3 is 10.0 Å². The van der Waals surface area contributed by atoms with E-state index >= 15 is 0 Å². The fraction of sp³-hybridized carbons (Fsp3) is 0.467. The molecule has 1 amide bonds. The number of hydrogen-bond acceptors (Lipinski definition) is 2. The summed E-state index contributed by atoms with van der Waals surface area (Å²) >= 11 is 3.44. The van der Waals surface area contributed by atoms with Gasteiger partial charge in [0.05, 0.1) is 11.0 Å². The van der Waals surface area contributed by atoms with Crippen LogP contribution in [0.15, 0.2) is 22.7 Å². The number of carbonyl (C=O) groups is 2. The topological polar surface area (TPSA) is 57.6 Å². The summed E-state index contributed by atoms with van der Waals surface area (Å²) in [6, 6.07) is 5.54. The summed E-state index contributed by atoms with van der Waals surface area (Å²) in [7, 11) is 0. The minimum absolute atomic E-state index is 0.104. The molecule has 0 aliphatic carbocycles. The number of aryl methyl sites for hydroxylation is 1. The molecule has 0 spiro atoms. The van der Waals surface area contributed by atoms with Crippen LogP contribution < -0.4 is 0 Å². The van der Waals surface area contributed by atoms with Gasteiger partial charge in [0.25, 0.3) is 5.91 Å². The molecule has 108 valence electrons. The van der Waals surface area contributed by atoms with Gasteiger partial charge in [-0.2, -0.15) is 0 Å². The van der Waals surface area contributed by atoms with Gasteiger partial charge in [0.2, 0.25) is 0 Å². The van der Waals surface area contributed by atoms with E-state index in [0.29, 0.717) is 18.5 Å². The number of carboxylic acid groups (broad SMARTS) is 1. The Hall–Kier alpha value is -1.36. The highest BCUT2D eigenvalue weighted by atomic mass is 79.9. The molecule has 1 aromatic rings. The third-order valence-corrected chi connectivity index (χ3v) is 4.97. The fourth-order valence-corrected chi connectivity index (χ4v) is 3.00. The number of hydrogen-bond donors (Lipinski definition) is 1. The minimum atomic E-state index is -0.843. The lowest BCUT2D eigenvalue weighted by Gasteiger charge is -2.37. The number of nitrogens with zero attached hydrogens (tertiary/aromatic N) is 1. The first-order valence-corrected chi connectivity index (χ1v) is 7.42. The standard InChI is InChI=1S/C15H18BrNO3/c1-10-5-3-6-11(12(10)16)13(18)17-8-4-7-15(2,9-17)14(19)20/h3,5-6H,4,7-9H2,1-2H3,(H,19,20). The van der Waals surface area contributed by atoms with Crippen molar-refractivity contribution in [3.8, 4) is 0 Å². The van der Waals surface area contributed by atoms with Gasteiger partial charge >= 0.3 is 5.97 Å². The van der Waals surface area contributed by atoms with E-state index in [1.165, 1.54) is 0 Å². The normalized spacial score (nSPS) is 22.6. The van der Waals surface area contributed by atoms with Crippen molar-refractivity contribution in [3.63, 3.8) is 0 Å². The Morgan fingerprint density at radius 2 is 2.10 bits per heavy atom. The highest BCUT2D eigenvalue weighted by Gasteiger charge is 2.39. The summed E-state index contributed by atoms with van der Waals surface area (Å²) in [5.41, 5.74) is 0.748. The van der Waals surface area contributed by atoms with E-state index in [0.717, 1.165) is 16.5 Å². The molecule has 20 heavy (non-hydrogen) atoms. The smallest absolute Gasteiger partial charge is 0.311 e. The van der Waals surface area contributed by atoms with Crippen LogP contribution >= 0.6 is 15.9 Å². The maximum atomic E-state index is 12.6. The van der Waals surface area contributed by atoms with Crippen LogP contribution in [-0.2, 0) is 4.79 Å². The van der Waals surface area contributed by atoms with Crippen LogP contribution in [0.1, 0.15) is 35.7 Å². The zero-order chi connectivity index (χ0) is 14.9. The second-order valence-electron chi connectivity index (χ2n) is 5.63. The SMILES string of the molecule is Cc1cccc(C(=O)N2CCCC(C)(C(=O)O)C2)c1Br. The molecular weight excluding hydrogens is 322 g/mol. The highest BCUT2D eigenvalue weighted by molar-refractivity contribution is 9.10. The molecule has 1 saturated heterocycles. The second kappa shape index (κ2) is 5.56. The van der Waals surface area contributed by atoms with E-state index in [1.54, 1.807) is 17.9 Å². The molecule has 0 aromatic heterocycles. The first-order chi connectivity index (χ1) is 9.35. The lowest BCUT2D eigenvalue weighted by atomic mass is 9.82. The van der Waals surface area contributed by atoms with Crippen molar-refractivity contribution in [2.45, 2.75) is 26.7 Å². The number of amides is 1. The van der Waals surface area contributed by atoms with Crippen molar-refractivity contribution < 1.29 is 14.7 Å². The highest BCUT2D eigenvalue weighted by Crippen LogP contribution is 2.31. The van der Waals surface area contributed by atoms with Gasteiger partial charge in [-0.3, -0.25) is 9.59 Å². The molecule has 1 unspecified atom stereocenters. The Bertz CT molecular complexity index is 558. The van der Waals surface area contributed by atoms with Gasteiger partial charge in [0.1, 0.15) is 0 Å². The average molecular weight is 340 g/mol. The number of halogens is 1. The molecule has 1 fully saturated rings. The second-order valence-corrected chi connectivity index (χ2v) is 6.43. The molecule has 0 saturated carbocycles. The van der Waals surface area contributed by atoms with Crippen molar-refractivity contribution in [2.75, 3.05) is 13.1 Å². The Morgan fingerprint density at radius 1 is 1.40 bits per heavy atom. The van der Waals surface area contributed by atoms with Crippen LogP contribution in [0.3, 0.4) is 0 Å². The number of benzene rings is 1. The Morgan fingerprint density at radius 3 is 2.75 bits per heavy atom. The lowest BCUT2D eigenvalue weighted by molar-refractivity contribution is -0.150. The Balaban J connectivity index is 2.25. The van der Waals surface area contributed by atoms with Crippen LogP contribution in [0.4, 0.5) is 0 Å². The van der Waals surface area contributed by atoms with Gasteiger partial charge in [0.15, 0.2) is 0 Å². The van der Waals surface area contributed by atoms with E-state index in [-0.39, 0.29) is 12.5 Å². The molecule has 1 heterocycles. The first kappa shape index (κ1) is 15.0. The van der Waals surface area contributed by atoms with Crippen LogP contribution in [0.5, 0.6) is 0 Å². The molecule has 1 atom stereocenters. The molecule has 1 aliphatic rings. The monoisotopic (exact) mass is 339 g/mol. The summed E-state index contributed by atoms with van der Waals surface area (Å²) in [5, 5.41) is 9.32. The molecular formula is C15H18BrNO3. The summed E-state index contributed by atoms with van der Waals surface area (Å²) < 4.78 is 0.785. The first-order valence-electron chi connectivity index (χ1n) is 6.63.